The van der Waals surface area contributed by atoms with Crippen LogP contribution in [0.5, 0.6) is 0 Å². The van der Waals surface area contributed by atoms with Crippen LogP contribution in [0.15, 0.2) is 0 Å². The molecule has 1 N–H and O–H groups in total. The van der Waals surface area contributed by atoms with E-state index in [-0.39, 0.29) is 6.04 Å². The Bertz CT molecular complexity index is 348. The number of aldehydes is 1. The summed E-state index contributed by atoms with van der Waals surface area (Å²) in [4.78, 5) is 10.6. The van der Waals surface area contributed by atoms with Gasteiger partial charge in [0.2, 0.25) is 0 Å². The third-order valence-corrected chi connectivity index (χ3v) is 2.19. The molecule has 1 rings (SSSR count). The topological polar surface area (TPSA) is 37.8 Å². The van der Waals surface area contributed by atoms with E-state index in [0.717, 1.165) is 12.0 Å². The number of hydrogen-bond donors (Lipinski definition) is 1. The maximum atomic E-state index is 10.6. The predicted octanol–water partition coefficient (Wildman–Crippen LogP) is 2.25. The van der Waals surface area contributed by atoms with Gasteiger partial charge in [-0.15, -0.1) is 0 Å². The van der Waals surface area contributed by atoms with Crippen molar-refractivity contribution in [2.75, 3.05) is 0 Å². The second-order valence-electron chi connectivity index (χ2n) is 3.04. The second kappa shape index (κ2) is 3.23. The number of nitrogens with zero attached hydrogens (tertiary/aromatic N) is 1. The number of aryl methyl sites for hydroxylation is 1. The second-order valence-corrected chi connectivity index (χ2v) is 3.42. The van der Waals surface area contributed by atoms with Gasteiger partial charge in [0.1, 0.15) is 4.64 Å². The highest BCUT2D eigenvalue weighted by Crippen LogP contribution is 2.11. The van der Waals surface area contributed by atoms with Crippen molar-refractivity contribution in [2.45, 2.75) is 26.8 Å². The summed E-state index contributed by atoms with van der Waals surface area (Å²) < 4.78 is 2.41. The van der Waals surface area contributed by atoms with Crippen molar-refractivity contribution >= 4 is 18.5 Å². The van der Waals surface area contributed by atoms with Gasteiger partial charge in [0.05, 0.1) is 5.56 Å². The molecule has 1 aromatic rings. The lowest BCUT2D eigenvalue weighted by Crippen LogP contribution is -2.02. The molecule has 66 valence electrons. The van der Waals surface area contributed by atoms with Gasteiger partial charge in [-0.2, -0.15) is 0 Å². The molecule has 1 heterocycles. The molecule has 0 saturated carbocycles. The van der Waals surface area contributed by atoms with Gasteiger partial charge in [-0.3, -0.25) is 9.48 Å². The fraction of sp³-hybridized carbons (Fsp3) is 0.500. The number of aromatic nitrogens is 2. The van der Waals surface area contributed by atoms with Gasteiger partial charge in [-0.05, 0) is 20.8 Å². The molecular weight excluding hydrogens is 172 g/mol. The number of rotatable bonds is 2. The van der Waals surface area contributed by atoms with Crippen LogP contribution in [0, 0.1) is 11.6 Å². The Morgan fingerprint density at radius 1 is 1.58 bits per heavy atom. The Kier molecular flexibility index (Phi) is 2.47. The first-order valence-electron chi connectivity index (χ1n) is 3.84. The van der Waals surface area contributed by atoms with E-state index < -0.39 is 0 Å². The molecule has 0 aliphatic heterocycles. The largest absolute Gasteiger partial charge is 0.301 e. The number of carbonyl (C=O) groups is 1. The standard InChI is InChI=1S/C8H12N2OS/c1-5(2)10-8(12)7(4-11)6(3)9-10/h4-5,9H,1-3H3. The van der Waals surface area contributed by atoms with Crippen LogP contribution in [-0.4, -0.2) is 16.1 Å². The molecule has 0 aromatic carbocycles. The minimum absolute atomic E-state index is 0.268. The van der Waals surface area contributed by atoms with Crippen molar-refractivity contribution < 1.29 is 4.79 Å². The third-order valence-electron chi connectivity index (χ3n) is 1.78. The Balaban J connectivity index is 3.36. The number of carbonyl (C=O) groups excluding carboxylic acids is 1. The first-order chi connectivity index (χ1) is 5.57. The molecule has 0 aliphatic rings. The monoisotopic (exact) mass is 184 g/mol. The van der Waals surface area contributed by atoms with Crippen molar-refractivity contribution in [1.82, 2.24) is 9.78 Å². The molecule has 0 radical (unpaired) electrons. The van der Waals surface area contributed by atoms with Gasteiger partial charge in [0.15, 0.2) is 6.29 Å². The minimum Gasteiger partial charge on any atom is -0.301 e. The SMILES string of the molecule is Cc1[nH]n(C(C)C)c(=S)c1C=O. The van der Waals surface area contributed by atoms with Crippen molar-refractivity contribution in [3.63, 3.8) is 0 Å². The smallest absolute Gasteiger partial charge is 0.154 e. The molecule has 3 nitrogen and oxygen atoms in total. The average Bonchev–Trinajstić information content (AvgIpc) is 2.27. The maximum absolute atomic E-state index is 10.6. The zero-order chi connectivity index (χ0) is 9.30. The van der Waals surface area contributed by atoms with Crippen LogP contribution in [-0.2, 0) is 0 Å². The first-order valence-corrected chi connectivity index (χ1v) is 4.25. The van der Waals surface area contributed by atoms with E-state index in [4.69, 9.17) is 12.2 Å². The van der Waals surface area contributed by atoms with Gasteiger partial charge in [0, 0.05) is 11.7 Å². The Labute approximate surface area is 76.4 Å². The highest BCUT2D eigenvalue weighted by molar-refractivity contribution is 7.71. The molecule has 0 atom stereocenters. The summed E-state index contributed by atoms with van der Waals surface area (Å²) in [5.74, 6) is 0. The maximum Gasteiger partial charge on any atom is 0.154 e. The summed E-state index contributed by atoms with van der Waals surface area (Å²) in [6.07, 6.45) is 0.799. The van der Waals surface area contributed by atoms with E-state index in [9.17, 15) is 4.79 Å². The van der Waals surface area contributed by atoms with Crippen LogP contribution in [0.3, 0.4) is 0 Å². The summed E-state index contributed by atoms with van der Waals surface area (Å²) >= 11 is 5.09. The molecule has 0 bridgehead atoms. The van der Waals surface area contributed by atoms with Crippen LogP contribution in [0.2, 0.25) is 0 Å². The van der Waals surface area contributed by atoms with Crippen molar-refractivity contribution in [1.29, 1.82) is 0 Å². The molecular formula is C8H12N2OS. The lowest BCUT2D eigenvalue weighted by Gasteiger charge is -2.05. The summed E-state index contributed by atoms with van der Waals surface area (Å²) in [5.41, 5.74) is 1.43. The first kappa shape index (κ1) is 9.19. The zero-order valence-electron chi connectivity index (χ0n) is 7.42. The zero-order valence-corrected chi connectivity index (χ0v) is 8.23. The normalized spacial score (nSPS) is 10.7. The molecule has 0 aliphatic carbocycles. The van der Waals surface area contributed by atoms with Gasteiger partial charge < -0.3 is 5.10 Å². The van der Waals surface area contributed by atoms with E-state index in [1.54, 1.807) is 0 Å². The molecule has 0 unspecified atom stereocenters. The van der Waals surface area contributed by atoms with Crippen LogP contribution >= 0.6 is 12.2 Å². The van der Waals surface area contributed by atoms with E-state index in [1.165, 1.54) is 0 Å². The summed E-state index contributed by atoms with van der Waals surface area (Å²) in [5, 5.41) is 3.04. The lowest BCUT2D eigenvalue weighted by atomic mass is 10.3. The van der Waals surface area contributed by atoms with E-state index >= 15 is 0 Å². The molecule has 0 saturated heterocycles. The number of hydrogen-bond acceptors (Lipinski definition) is 2. The predicted molar refractivity (Wildman–Crippen MR) is 50.1 cm³/mol. The van der Waals surface area contributed by atoms with Gasteiger partial charge in [-0.1, -0.05) is 12.2 Å². The number of H-pyrrole nitrogens is 1. The quantitative estimate of drug-likeness (QED) is 0.565. The molecule has 0 fully saturated rings. The summed E-state index contributed by atoms with van der Waals surface area (Å²) in [6, 6.07) is 0.268. The van der Waals surface area contributed by atoms with Gasteiger partial charge >= 0.3 is 0 Å². The number of aromatic amines is 1. The lowest BCUT2D eigenvalue weighted by molar-refractivity contribution is 0.112. The van der Waals surface area contributed by atoms with Crippen LogP contribution in [0.25, 0.3) is 0 Å². The average molecular weight is 184 g/mol. The Hall–Kier alpha value is -0.900. The molecule has 0 spiro atoms. The fourth-order valence-corrected chi connectivity index (χ4v) is 1.54. The highest BCUT2D eigenvalue weighted by Gasteiger charge is 2.07. The molecule has 4 heteroatoms. The van der Waals surface area contributed by atoms with Crippen LogP contribution < -0.4 is 0 Å². The van der Waals surface area contributed by atoms with E-state index in [0.29, 0.717) is 10.2 Å². The van der Waals surface area contributed by atoms with Crippen LogP contribution in [0.4, 0.5) is 0 Å². The Morgan fingerprint density at radius 3 is 2.42 bits per heavy atom. The van der Waals surface area contributed by atoms with Gasteiger partial charge in [0.25, 0.3) is 0 Å². The van der Waals surface area contributed by atoms with Gasteiger partial charge in [-0.25, -0.2) is 0 Å². The van der Waals surface area contributed by atoms with E-state index in [2.05, 4.69) is 5.10 Å². The molecule has 0 amide bonds. The van der Waals surface area contributed by atoms with E-state index in [1.807, 2.05) is 25.5 Å². The highest BCUT2D eigenvalue weighted by atomic mass is 32.1. The molecule has 12 heavy (non-hydrogen) atoms. The van der Waals surface area contributed by atoms with Crippen molar-refractivity contribution in [3.8, 4) is 0 Å². The fourth-order valence-electron chi connectivity index (χ4n) is 1.08. The minimum atomic E-state index is 0.268. The summed E-state index contributed by atoms with van der Waals surface area (Å²) in [6.45, 7) is 5.87. The number of nitrogens with one attached hydrogen (secondary N) is 1. The van der Waals surface area contributed by atoms with Crippen molar-refractivity contribution in [2.24, 2.45) is 0 Å². The molecule has 1 aromatic heterocycles. The van der Waals surface area contributed by atoms with Crippen LogP contribution in [0.1, 0.15) is 35.9 Å². The van der Waals surface area contributed by atoms with Crippen molar-refractivity contribution in [3.05, 3.63) is 15.9 Å². The summed E-state index contributed by atoms with van der Waals surface area (Å²) in [7, 11) is 0. The third kappa shape index (κ3) is 1.34. The Morgan fingerprint density at radius 2 is 2.17 bits per heavy atom.